The Morgan fingerprint density at radius 1 is 0.267 bits per heavy atom. The zero-order valence-electron chi connectivity index (χ0n) is 36.2. The molecule has 0 bridgehead atoms. The van der Waals surface area contributed by atoms with Crippen LogP contribution in [0.25, 0.3) is 0 Å². The molecular formula is C40H64N8O12. The topological polar surface area (TPSA) is 301 Å². The van der Waals surface area contributed by atoms with Gasteiger partial charge in [-0.1, -0.05) is 107 Å². The maximum absolute atomic E-state index is 11.7. The van der Waals surface area contributed by atoms with Crippen LogP contribution in [0.2, 0.25) is 0 Å². The first-order chi connectivity index (χ1) is 28.3. The van der Waals surface area contributed by atoms with Crippen molar-refractivity contribution < 1.29 is 57.5 Å². The van der Waals surface area contributed by atoms with E-state index in [0.29, 0.717) is 51.4 Å². The summed E-state index contributed by atoms with van der Waals surface area (Å²) in [5.74, 6) is -3.72. The molecule has 4 aliphatic heterocycles. The van der Waals surface area contributed by atoms with E-state index in [4.69, 9.17) is 0 Å². The van der Waals surface area contributed by atoms with Crippen LogP contribution < -0.4 is 42.5 Å². The highest BCUT2D eigenvalue weighted by atomic mass is 16.2. The first kappa shape index (κ1) is 52.5. The summed E-state index contributed by atoms with van der Waals surface area (Å²) in [6.45, 7) is 15.1. The van der Waals surface area contributed by atoms with Crippen molar-refractivity contribution in [3.8, 4) is 0 Å². The lowest BCUT2D eigenvalue weighted by molar-refractivity contribution is -0.146. The van der Waals surface area contributed by atoms with Crippen molar-refractivity contribution in [2.75, 3.05) is 0 Å². The molecule has 0 spiro atoms. The van der Waals surface area contributed by atoms with Crippen LogP contribution in [-0.2, 0) is 38.4 Å². The Balaban J connectivity index is 0.000000400. The molecule has 0 saturated carbocycles. The molecule has 0 unspecified atom stereocenters. The number of amides is 16. The maximum Gasteiger partial charge on any atom is 0.328 e. The molecule has 4 saturated heterocycles. The van der Waals surface area contributed by atoms with Crippen LogP contribution in [0.3, 0.4) is 0 Å². The van der Waals surface area contributed by atoms with Gasteiger partial charge in [-0.05, 0) is 51.4 Å². The molecule has 16 amide bonds. The molecule has 20 heteroatoms. The Morgan fingerprint density at radius 3 is 0.500 bits per heavy atom. The minimum absolute atomic E-state index is 0.415. The molecule has 4 rings (SSSR count). The highest BCUT2D eigenvalue weighted by molar-refractivity contribution is 6.21. The third kappa shape index (κ3) is 12.2. The minimum atomic E-state index is -1.05. The highest BCUT2D eigenvalue weighted by Gasteiger charge is 2.51. The largest absolute Gasteiger partial charge is 0.328 e. The molecular weight excluding hydrogens is 784 g/mol. The van der Waals surface area contributed by atoms with Crippen LogP contribution in [0.1, 0.15) is 158 Å². The Morgan fingerprint density at radius 2 is 0.400 bits per heavy atom. The summed E-state index contributed by atoms with van der Waals surface area (Å²) in [4.78, 5) is 137. The predicted octanol–water partition coefficient (Wildman–Crippen LogP) is 3.76. The Kier molecular flexibility index (Phi) is 20.9. The normalized spacial score (nSPS) is 19.7. The summed E-state index contributed by atoms with van der Waals surface area (Å²) < 4.78 is 0. The van der Waals surface area contributed by atoms with E-state index in [1.807, 2.05) is 27.7 Å². The first-order valence-corrected chi connectivity index (χ1v) is 20.9. The van der Waals surface area contributed by atoms with Crippen molar-refractivity contribution in [2.24, 2.45) is 21.7 Å². The van der Waals surface area contributed by atoms with Crippen LogP contribution in [0, 0.1) is 21.7 Å². The van der Waals surface area contributed by atoms with Crippen molar-refractivity contribution >= 4 is 71.4 Å². The van der Waals surface area contributed by atoms with Gasteiger partial charge in [-0.2, -0.15) is 0 Å². The van der Waals surface area contributed by atoms with E-state index in [-0.39, 0.29) is 0 Å². The predicted molar refractivity (Wildman–Crippen MR) is 216 cm³/mol. The number of unbranched alkanes of at least 4 members (excludes halogenated alkanes) is 4. The summed E-state index contributed by atoms with van der Waals surface area (Å²) in [7, 11) is 0. The lowest BCUT2D eigenvalue weighted by Crippen LogP contribution is -2.62. The fourth-order valence-electron chi connectivity index (χ4n) is 7.13. The molecule has 0 aliphatic carbocycles. The van der Waals surface area contributed by atoms with Crippen molar-refractivity contribution in [2.45, 2.75) is 158 Å². The standard InChI is InChI=1S/4C10H16N2O3/c4*1-3-5-6-10(4-2)7(13)11-9(15)12-8(10)14/h4*3-6H2,1-2H3,(H2,11,12,13,14,15). The maximum atomic E-state index is 11.7. The second-order valence-corrected chi connectivity index (χ2v) is 15.1. The van der Waals surface area contributed by atoms with Crippen LogP contribution in [0.5, 0.6) is 0 Å². The number of hydrogen-bond acceptors (Lipinski definition) is 12. The van der Waals surface area contributed by atoms with E-state index in [9.17, 15) is 57.5 Å². The Hall–Kier alpha value is -5.56. The summed E-state index contributed by atoms with van der Waals surface area (Å²) in [6, 6.07) is -2.87. The van der Waals surface area contributed by atoms with Gasteiger partial charge in [0.15, 0.2) is 0 Å². The fourth-order valence-corrected chi connectivity index (χ4v) is 7.13. The van der Waals surface area contributed by atoms with Gasteiger partial charge in [0.25, 0.3) is 0 Å². The summed E-state index contributed by atoms with van der Waals surface area (Å²) >= 11 is 0. The molecule has 4 heterocycles. The lowest BCUT2D eigenvalue weighted by Gasteiger charge is -2.32. The number of urea groups is 4. The number of carbonyl (C=O) groups excluding carboxylic acids is 12. The SMILES string of the molecule is CCCCC1(CC)C(=O)NC(=O)NC1=O.CCCCC1(CC)C(=O)NC(=O)NC1=O.CCCCC1(CC)C(=O)NC(=O)NC1=O.CCCCC1(CC)C(=O)NC(=O)NC1=O. The zero-order chi connectivity index (χ0) is 45.9. The first-order valence-electron chi connectivity index (χ1n) is 20.9. The van der Waals surface area contributed by atoms with Gasteiger partial charge in [0.1, 0.15) is 21.7 Å². The number of rotatable bonds is 16. The van der Waals surface area contributed by atoms with Gasteiger partial charge in [-0.25, -0.2) is 19.2 Å². The van der Waals surface area contributed by atoms with Gasteiger partial charge < -0.3 is 0 Å². The van der Waals surface area contributed by atoms with Crippen molar-refractivity contribution in [1.82, 2.24) is 42.5 Å². The third-order valence-electron chi connectivity index (χ3n) is 11.5. The molecule has 20 nitrogen and oxygen atoms in total. The molecule has 60 heavy (non-hydrogen) atoms. The number of imide groups is 8. The average molecular weight is 849 g/mol. The molecule has 0 aromatic carbocycles. The van der Waals surface area contributed by atoms with Crippen LogP contribution in [0.15, 0.2) is 0 Å². The van der Waals surface area contributed by atoms with Gasteiger partial charge in [0.05, 0.1) is 0 Å². The van der Waals surface area contributed by atoms with Gasteiger partial charge in [0, 0.05) is 0 Å². The van der Waals surface area contributed by atoms with E-state index in [1.165, 1.54) is 0 Å². The molecule has 4 aliphatic rings. The summed E-state index contributed by atoms with van der Waals surface area (Å²) in [5.41, 5.74) is -4.21. The Bertz CT molecular complexity index is 1360. The Labute approximate surface area is 350 Å². The molecule has 336 valence electrons. The quantitative estimate of drug-likeness (QED) is 0.103. The van der Waals surface area contributed by atoms with E-state index in [1.54, 1.807) is 27.7 Å². The number of barbiturate groups is 4. The summed E-state index contributed by atoms with van der Waals surface area (Å²) in [6.07, 6.45) is 10.5. The van der Waals surface area contributed by atoms with Crippen molar-refractivity contribution in [1.29, 1.82) is 0 Å². The van der Waals surface area contributed by atoms with Gasteiger partial charge in [0.2, 0.25) is 47.3 Å². The minimum Gasteiger partial charge on any atom is -0.277 e. The van der Waals surface area contributed by atoms with E-state index in [2.05, 4.69) is 42.5 Å². The smallest absolute Gasteiger partial charge is 0.277 e. The molecule has 0 radical (unpaired) electrons. The number of carbonyl (C=O) groups is 12. The van der Waals surface area contributed by atoms with Crippen molar-refractivity contribution in [3.05, 3.63) is 0 Å². The van der Waals surface area contributed by atoms with Gasteiger partial charge >= 0.3 is 24.1 Å². The summed E-state index contributed by atoms with van der Waals surface area (Å²) in [5, 5.41) is 17.2. The van der Waals surface area contributed by atoms with E-state index >= 15 is 0 Å². The molecule has 0 atom stereocenters. The second kappa shape index (κ2) is 23.9. The molecule has 0 aromatic heterocycles. The van der Waals surface area contributed by atoms with Crippen LogP contribution in [-0.4, -0.2) is 71.4 Å². The van der Waals surface area contributed by atoms with Crippen LogP contribution >= 0.6 is 0 Å². The average Bonchev–Trinajstić information content (AvgIpc) is 3.18. The van der Waals surface area contributed by atoms with Crippen molar-refractivity contribution in [3.63, 3.8) is 0 Å². The third-order valence-corrected chi connectivity index (χ3v) is 11.5. The number of hydrogen-bond donors (Lipinski definition) is 8. The zero-order valence-corrected chi connectivity index (χ0v) is 36.2. The molecule has 0 aromatic rings. The lowest BCUT2D eigenvalue weighted by atomic mass is 9.77. The van der Waals surface area contributed by atoms with Gasteiger partial charge in [-0.15, -0.1) is 0 Å². The van der Waals surface area contributed by atoms with Gasteiger partial charge in [-0.3, -0.25) is 80.9 Å². The van der Waals surface area contributed by atoms with Crippen LogP contribution in [0.4, 0.5) is 19.2 Å². The molecule has 8 N–H and O–H groups in total. The molecule has 4 fully saturated rings. The highest BCUT2D eigenvalue weighted by Crippen LogP contribution is 2.34. The monoisotopic (exact) mass is 848 g/mol. The van der Waals surface area contributed by atoms with E-state index < -0.39 is 93.0 Å². The second-order valence-electron chi connectivity index (χ2n) is 15.1. The fraction of sp³-hybridized carbons (Fsp3) is 0.700. The van der Waals surface area contributed by atoms with E-state index in [0.717, 1.165) is 51.4 Å². The number of nitrogens with one attached hydrogen (secondary N) is 8.